The van der Waals surface area contributed by atoms with E-state index in [4.69, 9.17) is 39.5 Å². The Balaban J connectivity index is 2.08. The van der Waals surface area contributed by atoms with Crippen LogP contribution in [0.3, 0.4) is 0 Å². The van der Waals surface area contributed by atoms with Gasteiger partial charge in [0.1, 0.15) is 0 Å². The fraction of sp³-hybridized carbons (Fsp3) is 0.500. The van der Waals surface area contributed by atoms with E-state index in [-0.39, 0.29) is 6.04 Å². The van der Waals surface area contributed by atoms with Gasteiger partial charge in [-0.05, 0) is 18.6 Å². The molecular formula is C12H15Cl3N2O. The Kier molecular flexibility index (Phi) is 5.13. The number of hydrazine groups is 1. The van der Waals surface area contributed by atoms with Crippen molar-refractivity contribution in [1.29, 1.82) is 0 Å². The third-order valence-corrected chi connectivity index (χ3v) is 4.23. The average Bonchev–Trinajstić information content (AvgIpc) is 2.37. The van der Waals surface area contributed by atoms with Gasteiger partial charge in [0, 0.05) is 19.1 Å². The summed E-state index contributed by atoms with van der Waals surface area (Å²) in [5, 5.41) is 3.53. The summed E-state index contributed by atoms with van der Waals surface area (Å²) < 4.78 is 5.30. The van der Waals surface area contributed by atoms with E-state index in [1.807, 2.05) is 13.0 Å². The van der Waals surface area contributed by atoms with Crippen molar-refractivity contribution in [3.8, 4) is 0 Å². The van der Waals surface area contributed by atoms with E-state index < -0.39 is 0 Å². The monoisotopic (exact) mass is 308 g/mol. The number of nitrogens with zero attached hydrogens (tertiary/aromatic N) is 1. The molecule has 1 aliphatic heterocycles. The van der Waals surface area contributed by atoms with Crippen LogP contribution >= 0.6 is 34.8 Å². The maximum atomic E-state index is 6.21. The van der Waals surface area contributed by atoms with Crippen molar-refractivity contribution in [3.63, 3.8) is 0 Å². The number of morpholine rings is 1. The summed E-state index contributed by atoms with van der Waals surface area (Å²) in [4.78, 5) is 0. The van der Waals surface area contributed by atoms with Crippen LogP contribution in [0, 0.1) is 0 Å². The van der Waals surface area contributed by atoms with Gasteiger partial charge in [-0.2, -0.15) is 0 Å². The minimum Gasteiger partial charge on any atom is -0.379 e. The first kappa shape index (κ1) is 14.4. The molecule has 0 aromatic heterocycles. The first-order chi connectivity index (χ1) is 8.59. The zero-order valence-electron chi connectivity index (χ0n) is 10.0. The molecule has 3 nitrogen and oxygen atoms in total. The molecule has 0 radical (unpaired) electrons. The standard InChI is InChI=1S/C12H15Cl3N2O/c1-8(16-17-4-6-18-7-5-17)9-2-3-10(13)12(15)11(9)14/h2-3,8,16H,4-7H2,1H3. The Morgan fingerprint density at radius 3 is 2.50 bits per heavy atom. The highest BCUT2D eigenvalue weighted by atomic mass is 35.5. The Bertz CT molecular complexity index is 422. The van der Waals surface area contributed by atoms with Crippen molar-refractivity contribution < 1.29 is 4.74 Å². The van der Waals surface area contributed by atoms with Crippen LogP contribution in [0.15, 0.2) is 12.1 Å². The second kappa shape index (κ2) is 6.42. The summed E-state index contributed by atoms with van der Waals surface area (Å²) in [5.74, 6) is 0. The molecule has 18 heavy (non-hydrogen) atoms. The van der Waals surface area contributed by atoms with E-state index in [9.17, 15) is 0 Å². The maximum absolute atomic E-state index is 6.21. The van der Waals surface area contributed by atoms with Crippen LogP contribution in [-0.2, 0) is 4.74 Å². The van der Waals surface area contributed by atoms with Crippen LogP contribution in [-0.4, -0.2) is 31.3 Å². The summed E-state index contributed by atoms with van der Waals surface area (Å²) in [6, 6.07) is 3.74. The molecule has 1 aliphatic rings. The Hall–Kier alpha value is -0.0300. The molecule has 1 N–H and O–H groups in total. The predicted octanol–water partition coefficient (Wildman–Crippen LogP) is 3.54. The molecule has 1 unspecified atom stereocenters. The van der Waals surface area contributed by atoms with Crippen LogP contribution in [0.5, 0.6) is 0 Å². The summed E-state index contributed by atoms with van der Waals surface area (Å²) >= 11 is 18.2. The van der Waals surface area contributed by atoms with Gasteiger partial charge in [0.05, 0.1) is 28.3 Å². The van der Waals surface area contributed by atoms with Gasteiger partial charge in [-0.25, -0.2) is 10.4 Å². The topological polar surface area (TPSA) is 24.5 Å². The number of ether oxygens (including phenoxy) is 1. The highest BCUT2D eigenvalue weighted by molar-refractivity contribution is 6.48. The second-order valence-electron chi connectivity index (χ2n) is 4.21. The first-order valence-corrected chi connectivity index (χ1v) is 6.95. The highest BCUT2D eigenvalue weighted by Gasteiger charge is 2.18. The summed E-state index contributed by atoms with van der Waals surface area (Å²) in [6.07, 6.45) is 0. The van der Waals surface area contributed by atoms with Gasteiger partial charge in [-0.1, -0.05) is 40.9 Å². The lowest BCUT2D eigenvalue weighted by molar-refractivity contribution is 0.00485. The number of rotatable bonds is 3. The molecule has 0 aliphatic carbocycles. The van der Waals surface area contributed by atoms with E-state index >= 15 is 0 Å². The molecule has 6 heteroatoms. The smallest absolute Gasteiger partial charge is 0.0781 e. The molecule has 0 bridgehead atoms. The average molecular weight is 310 g/mol. The molecule has 1 fully saturated rings. The number of nitrogens with one attached hydrogen (secondary N) is 1. The van der Waals surface area contributed by atoms with E-state index in [1.54, 1.807) is 6.07 Å². The van der Waals surface area contributed by atoms with Gasteiger partial charge in [0.25, 0.3) is 0 Å². The number of hydrogen-bond acceptors (Lipinski definition) is 3. The van der Waals surface area contributed by atoms with Gasteiger partial charge in [0.2, 0.25) is 0 Å². The summed E-state index contributed by atoms with van der Waals surface area (Å²) in [5.41, 5.74) is 4.33. The molecule has 1 aromatic rings. The highest BCUT2D eigenvalue weighted by Crippen LogP contribution is 2.35. The fourth-order valence-corrected chi connectivity index (χ4v) is 2.62. The number of benzene rings is 1. The van der Waals surface area contributed by atoms with Gasteiger partial charge < -0.3 is 4.74 Å². The molecule has 1 saturated heterocycles. The van der Waals surface area contributed by atoms with Crippen molar-refractivity contribution >= 4 is 34.8 Å². The normalized spacial score (nSPS) is 18.9. The first-order valence-electron chi connectivity index (χ1n) is 5.82. The van der Waals surface area contributed by atoms with Crippen LogP contribution in [0.4, 0.5) is 0 Å². The van der Waals surface area contributed by atoms with Crippen molar-refractivity contribution in [2.24, 2.45) is 0 Å². The van der Waals surface area contributed by atoms with Crippen LogP contribution in [0.1, 0.15) is 18.5 Å². The Morgan fingerprint density at radius 1 is 1.17 bits per heavy atom. The minimum atomic E-state index is 0.0744. The molecular weight excluding hydrogens is 295 g/mol. The fourth-order valence-electron chi connectivity index (χ4n) is 1.91. The second-order valence-corrected chi connectivity index (χ2v) is 5.38. The lowest BCUT2D eigenvalue weighted by Crippen LogP contribution is -2.46. The van der Waals surface area contributed by atoms with Crippen molar-refractivity contribution in [2.45, 2.75) is 13.0 Å². The van der Waals surface area contributed by atoms with Crippen molar-refractivity contribution in [1.82, 2.24) is 10.4 Å². The molecule has 2 rings (SSSR count). The number of hydrogen-bond donors (Lipinski definition) is 1. The molecule has 0 amide bonds. The Labute approximate surface area is 122 Å². The van der Waals surface area contributed by atoms with E-state index in [0.29, 0.717) is 15.1 Å². The predicted molar refractivity (Wildman–Crippen MR) is 75.4 cm³/mol. The van der Waals surface area contributed by atoms with Crippen molar-refractivity contribution in [3.05, 3.63) is 32.8 Å². The van der Waals surface area contributed by atoms with Crippen LogP contribution in [0.2, 0.25) is 15.1 Å². The molecule has 1 heterocycles. The van der Waals surface area contributed by atoms with E-state index in [2.05, 4.69) is 10.4 Å². The van der Waals surface area contributed by atoms with Gasteiger partial charge in [0.15, 0.2) is 0 Å². The lowest BCUT2D eigenvalue weighted by atomic mass is 10.1. The van der Waals surface area contributed by atoms with Crippen molar-refractivity contribution in [2.75, 3.05) is 26.3 Å². The zero-order valence-corrected chi connectivity index (χ0v) is 12.3. The quantitative estimate of drug-likeness (QED) is 0.864. The minimum absolute atomic E-state index is 0.0744. The lowest BCUT2D eigenvalue weighted by Gasteiger charge is -2.30. The molecule has 1 atom stereocenters. The Morgan fingerprint density at radius 2 is 1.83 bits per heavy atom. The molecule has 0 spiro atoms. The zero-order chi connectivity index (χ0) is 13.1. The molecule has 1 aromatic carbocycles. The third-order valence-electron chi connectivity index (χ3n) is 2.92. The van der Waals surface area contributed by atoms with Gasteiger partial charge in [-0.15, -0.1) is 0 Å². The van der Waals surface area contributed by atoms with Gasteiger partial charge in [-0.3, -0.25) is 0 Å². The molecule has 0 saturated carbocycles. The number of halogens is 3. The summed E-state index contributed by atoms with van der Waals surface area (Å²) in [6.45, 7) is 5.26. The molecule has 100 valence electrons. The SMILES string of the molecule is CC(NN1CCOCC1)c1ccc(Cl)c(Cl)c1Cl. The third kappa shape index (κ3) is 3.29. The van der Waals surface area contributed by atoms with Gasteiger partial charge >= 0.3 is 0 Å². The van der Waals surface area contributed by atoms with E-state index in [1.165, 1.54) is 0 Å². The maximum Gasteiger partial charge on any atom is 0.0781 e. The largest absolute Gasteiger partial charge is 0.379 e. The summed E-state index contributed by atoms with van der Waals surface area (Å²) in [7, 11) is 0. The van der Waals surface area contributed by atoms with Crippen LogP contribution in [0.25, 0.3) is 0 Å². The van der Waals surface area contributed by atoms with E-state index in [0.717, 1.165) is 31.9 Å². The van der Waals surface area contributed by atoms with Crippen LogP contribution < -0.4 is 5.43 Å².